The second-order valence-corrected chi connectivity index (χ2v) is 6.61. The molecule has 1 aliphatic rings. The Bertz CT molecular complexity index is 268. The summed E-state index contributed by atoms with van der Waals surface area (Å²) in [5.74, 6) is 0. The van der Waals surface area contributed by atoms with Gasteiger partial charge < -0.3 is 4.74 Å². The van der Waals surface area contributed by atoms with Crippen molar-refractivity contribution in [2.24, 2.45) is 0 Å². The van der Waals surface area contributed by atoms with E-state index in [1.807, 2.05) is 0 Å². The maximum atomic E-state index is 11.7. The second kappa shape index (κ2) is 4.59. The summed E-state index contributed by atoms with van der Waals surface area (Å²) in [7, 11) is -1.49. The largest absolute Gasteiger partial charge is 0.377 e. The number of hydrogen-bond donors (Lipinski definition) is 0. The molecule has 0 amide bonds. The number of rotatable bonds is 4. The van der Waals surface area contributed by atoms with Gasteiger partial charge in [-0.05, 0) is 26.7 Å². The topological polar surface area (TPSA) is 46.6 Å². The highest BCUT2D eigenvalue weighted by Crippen LogP contribution is 2.15. The van der Waals surface area contributed by atoms with Crippen LogP contribution >= 0.6 is 0 Å². The van der Waals surface area contributed by atoms with E-state index in [2.05, 4.69) is 0 Å². The van der Waals surface area contributed by atoms with E-state index in [-0.39, 0.29) is 11.4 Å². The van der Waals surface area contributed by atoms with Gasteiger partial charge >= 0.3 is 0 Å². The van der Waals surface area contributed by atoms with Crippen LogP contribution < -0.4 is 0 Å². The van der Waals surface area contributed by atoms with Crippen LogP contribution in [0.4, 0.5) is 0 Å². The fourth-order valence-electron chi connectivity index (χ4n) is 1.54. The highest BCUT2D eigenvalue weighted by atomic mass is 32.2. The molecule has 0 aliphatic carbocycles. The fraction of sp³-hybridized carbons (Fsp3) is 1.00. The summed E-state index contributed by atoms with van der Waals surface area (Å²) in [5.41, 5.74) is 0. The van der Waals surface area contributed by atoms with Gasteiger partial charge in [-0.1, -0.05) is 0 Å². The third-order valence-electron chi connectivity index (χ3n) is 2.51. The Kier molecular flexibility index (Phi) is 3.92. The first kappa shape index (κ1) is 11.9. The summed E-state index contributed by atoms with van der Waals surface area (Å²) in [6, 6.07) is 0. The standard InChI is InChI=1S/C9H19NO3S/c1-8(2)14(11,12)10(3)7-9-5-4-6-13-9/h8-9H,4-7H2,1-3H3. The van der Waals surface area contributed by atoms with Crippen molar-refractivity contribution in [2.75, 3.05) is 20.2 Å². The van der Waals surface area contributed by atoms with Crippen molar-refractivity contribution in [2.45, 2.75) is 38.0 Å². The summed E-state index contributed by atoms with van der Waals surface area (Å²) >= 11 is 0. The van der Waals surface area contributed by atoms with Gasteiger partial charge in [0, 0.05) is 20.2 Å². The van der Waals surface area contributed by atoms with Crippen LogP contribution in [0.15, 0.2) is 0 Å². The van der Waals surface area contributed by atoms with Crippen LogP contribution in [0.1, 0.15) is 26.7 Å². The average Bonchev–Trinajstić information content (AvgIpc) is 2.56. The molecule has 1 aliphatic heterocycles. The zero-order chi connectivity index (χ0) is 10.8. The molecule has 1 saturated heterocycles. The van der Waals surface area contributed by atoms with E-state index in [4.69, 9.17) is 4.74 Å². The third-order valence-corrected chi connectivity index (χ3v) is 4.72. The molecule has 1 unspecified atom stereocenters. The van der Waals surface area contributed by atoms with Crippen LogP contribution in [-0.4, -0.2) is 44.3 Å². The van der Waals surface area contributed by atoms with Crippen molar-refractivity contribution in [3.63, 3.8) is 0 Å². The van der Waals surface area contributed by atoms with Gasteiger partial charge in [0.05, 0.1) is 11.4 Å². The molecule has 0 aromatic heterocycles. The van der Waals surface area contributed by atoms with Crippen molar-refractivity contribution < 1.29 is 13.2 Å². The first-order chi connectivity index (χ1) is 6.44. The SMILES string of the molecule is CC(C)S(=O)(=O)N(C)CC1CCCO1. The molecule has 1 heterocycles. The summed E-state index contributed by atoms with van der Waals surface area (Å²) in [6.07, 6.45) is 2.10. The van der Waals surface area contributed by atoms with E-state index < -0.39 is 10.0 Å². The Hall–Kier alpha value is -0.130. The predicted octanol–water partition coefficient (Wildman–Crippen LogP) is 0.835. The van der Waals surface area contributed by atoms with E-state index in [1.54, 1.807) is 20.9 Å². The number of sulfonamides is 1. The molecule has 0 aromatic carbocycles. The van der Waals surface area contributed by atoms with Crippen LogP contribution in [-0.2, 0) is 14.8 Å². The van der Waals surface area contributed by atoms with Crippen molar-refractivity contribution in [3.8, 4) is 0 Å². The minimum Gasteiger partial charge on any atom is -0.377 e. The molecule has 0 N–H and O–H groups in total. The molecule has 5 heteroatoms. The second-order valence-electron chi connectivity index (χ2n) is 4.01. The number of likely N-dealkylation sites (N-methyl/N-ethyl adjacent to an activating group) is 1. The molecule has 0 radical (unpaired) electrons. The van der Waals surface area contributed by atoms with Crippen LogP contribution in [0.2, 0.25) is 0 Å². The van der Waals surface area contributed by atoms with Crippen LogP contribution in [0.25, 0.3) is 0 Å². The van der Waals surface area contributed by atoms with Gasteiger partial charge in [-0.3, -0.25) is 0 Å². The lowest BCUT2D eigenvalue weighted by molar-refractivity contribution is 0.0977. The van der Waals surface area contributed by atoms with E-state index in [0.717, 1.165) is 19.4 Å². The fourth-order valence-corrected chi connectivity index (χ4v) is 2.63. The van der Waals surface area contributed by atoms with E-state index in [9.17, 15) is 8.42 Å². The van der Waals surface area contributed by atoms with Crippen LogP contribution in [0.5, 0.6) is 0 Å². The monoisotopic (exact) mass is 221 g/mol. The molecule has 4 nitrogen and oxygen atoms in total. The van der Waals surface area contributed by atoms with Gasteiger partial charge in [-0.2, -0.15) is 0 Å². The molecular formula is C9H19NO3S. The van der Waals surface area contributed by atoms with Crippen molar-refractivity contribution in [3.05, 3.63) is 0 Å². The molecule has 0 saturated carbocycles. The molecule has 14 heavy (non-hydrogen) atoms. The highest BCUT2D eigenvalue weighted by molar-refractivity contribution is 7.89. The van der Waals surface area contributed by atoms with Gasteiger partial charge in [0.15, 0.2) is 0 Å². The molecule has 0 aromatic rings. The number of hydrogen-bond acceptors (Lipinski definition) is 3. The van der Waals surface area contributed by atoms with Crippen molar-refractivity contribution >= 4 is 10.0 Å². The number of ether oxygens (including phenoxy) is 1. The molecule has 1 fully saturated rings. The van der Waals surface area contributed by atoms with Crippen LogP contribution in [0.3, 0.4) is 0 Å². The Labute approximate surface area is 86.3 Å². The zero-order valence-corrected chi connectivity index (χ0v) is 9.88. The lowest BCUT2D eigenvalue weighted by Gasteiger charge is -2.22. The Balaban J connectivity index is 2.52. The van der Waals surface area contributed by atoms with E-state index in [1.165, 1.54) is 4.31 Å². The lowest BCUT2D eigenvalue weighted by Crippen LogP contribution is -2.38. The zero-order valence-electron chi connectivity index (χ0n) is 9.06. The maximum Gasteiger partial charge on any atom is 0.216 e. The first-order valence-corrected chi connectivity index (χ1v) is 6.51. The van der Waals surface area contributed by atoms with Gasteiger partial charge in [0.1, 0.15) is 0 Å². The maximum absolute atomic E-state index is 11.7. The van der Waals surface area contributed by atoms with E-state index >= 15 is 0 Å². The summed E-state index contributed by atoms with van der Waals surface area (Å²) in [5, 5.41) is -0.353. The third kappa shape index (κ3) is 2.68. The molecular weight excluding hydrogens is 202 g/mol. The highest BCUT2D eigenvalue weighted by Gasteiger charge is 2.26. The van der Waals surface area contributed by atoms with Gasteiger partial charge in [0.25, 0.3) is 0 Å². The summed E-state index contributed by atoms with van der Waals surface area (Å²) in [6.45, 7) is 4.64. The van der Waals surface area contributed by atoms with Gasteiger partial charge in [-0.25, -0.2) is 12.7 Å². The Morgan fingerprint density at radius 3 is 2.57 bits per heavy atom. The summed E-state index contributed by atoms with van der Waals surface area (Å²) < 4.78 is 30.2. The molecule has 0 spiro atoms. The average molecular weight is 221 g/mol. The van der Waals surface area contributed by atoms with E-state index in [0.29, 0.717) is 6.54 Å². The molecule has 1 rings (SSSR count). The normalized spacial score (nSPS) is 23.6. The van der Waals surface area contributed by atoms with Gasteiger partial charge in [-0.15, -0.1) is 0 Å². The van der Waals surface area contributed by atoms with Gasteiger partial charge in [0.2, 0.25) is 10.0 Å². The molecule has 84 valence electrons. The summed E-state index contributed by atoms with van der Waals surface area (Å²) in [4.78, 5) is 0. The first-order valence-electron chi connectivity index (χ1n) is 5.01. The Morgan fingerprint density at radius 1 is 1.50 bits per heavy atom. The quantitative estimate of drug-likeness (QED) is 0.706. The minimum absolute atomic E-state index is 0.0912. The smallest absolute Gasteiger partial charge is 0.216 e. The Morgan fingerprint density at radius 2 is 2.14 bits per heavy atom. The molecule has 1 atom stereocenters. The lowest BCUT2D eigenvalue weighted by atomic mass is 10.2. The predicted molar refractivity (Wildman–Crippen MR) is 55.7 cm³/mol. The van der Waals surface area contributed by atoms with Crippen molar-refractivity contribution in [1.29, 1.82) is 0 Å². The number of nitrogens with zero attached hydrogens (tertiary/aromatic N) is 1. The molecule has 0 bridgehead atoms. The van der Waals surface area contributed by atoms with Crippen LogP contribution in [0, 0.1) is 0 Å². The van der Waals surface area contributed by atoms with Crippen molar-refractivity contribution in [1.82, 2.24) is 4.31 Å². The minimum atomic E-state index is -3.11.